The van der Waals surface area contributed by atoms with Crippen molar-refractivity contribution in [2.45, 2.75) is 76.0 Å². The predicted molar refractivity (Wildman–Crippen MR) is 130 cm³/mol. The molecule has 4 rings (SSSR count). The van der Waals surface area contributed by atoms with Crippen molar-refractivity contribution in [3.05, 3.63) is 53.2 Å². The van der Waals surface area contributed by atoms with E-state index in [1.807, 2.05) is 49.3 Å². The SMILES string of the molecule is Cc1ccccc1CN1CC2(CCOCC2)Oc2nc(CCC(=O)OC(C)(C)C)ccc2S1=O. The topological polar surface area (TPSA) is 78.0 Å². The highest BCUT2D eigenvalue weighted by molar-refractivity contribution is 7.82. The first-order chi connectivity index (χ1) is 16.1. The summed E-state index contributed by atoms with van der Waals surface area (Å²) in [6.07, 6.45) is 2.07. The number of esters is 1. The number of ether oxygens (including phenoxy) is 3. The lowest BCUT2D eigenvalue weighted by Gasteiger charge is -2.38. The number of nitrogens with zero attached hydrogens (tertiary/aromatic N) is 2. The van der Waals surface area contributed by atoms with Gasteiger partial charge < -0.3 is 14.2 Å². The maximum Gasteiger partial charge on any atom is 0.306 e. The quantitative estimate of drug-likeness (QED) is 0.592. The van der Waals surface area contributed by atoms with Gasteiger partial charge in [-0.1, -0.05) is 24.3 Å². The highest BCUT2D eigenvalue weighted by atomic mass is 32.2. The van der Waals surface area contributed by atoms with Crippen molar-refractivity contribution in [1.29, 1.82) is 0 Å². The number of pyridine rings is 1. The fourth-order valence-electron chi connectivity index (χ4n) is 4.29. The number of fused-ring (bicyclic) bond motifs is 1. The molecular formula is C26H34N2O5S. The highest BCUT2D eigenvalue weighted by Crippen LogP contribution is 2.37. The van der Waals surface area contributed by atoms with Gasteiger partial charge in [0, 0.05) is 31.5 Å². The number of carbonyl (C=O) groups excluding carboxylic acids is 1. The maximum absolute atomic E-state index is 13.7. The van der Waals surface area contributed by atoms with Crippen LogP contribution in [0.4, 0.5) is 0 Å². The van der Waals surface area contributed by atoms with Gasteiger partial charge in [-0.25, -0.2) is 13.5 Å². The molecule has 8 heteroatoms. The van der Waals surface area contributed by atoms with Crippen LogP contribution >= 0.6 is 0 Å². The Balaban J connectivity index is 1.60. The zero-order valence-corrected chi connectivity index (χ0v) is 21.3. The van der Waals surface area contributed by atoms with Crippen LogP contribution in [0.2, 0.25) is 0 Å². The molecule has 7 nitrogen and oxygen atoms in total. The Kier molecular flexibility index (Phi) is 7.40. The lowest BCUT2D eigenvalue weighted by Crippen LogP contribution is -2.49. The van der Waals surface area contributed by atoms with E-state index in [-0.39, 0.29) is 12.4 Å². The second-order valence-electron chi connectivity index (χ2n) is 10.1. The fraction of sp³-hybridized carbons (Fsp3) is 0.538. The summed E-state index contributed by atoms with van der Waals surface area (Å²) in [6, 6.07) is 11.8. The summed E-state index contributed by atoms with van der Waals surface area (Å²) in [5.74, 6) is 0.133. The van der Waals surface area contributed by atoms with Crippen molar-refractivity contribution in [1.82, 2.24) is 9.29 Å². The summed E-state index contributed by atoms with van der Waals surface area (Å²) in [5, 5.41) is 0. The van der Waals surface area contributed by atoms with Gasteiger partial charge in [0.15, 0.2) is 0 Å². The van der Waals surface area contributed by atoms with E-state index >= 15 is 0 Å². The van der Waals surface area contributed by atoms with Gasteiger partial charge in [0.05, 0.1) is 26.2 Å². The number of aryl methyl sites for hydroxylation is 2. The molecule has 0 amide bonds. The van der Waals surface area contributed by atoms with Gasteiger partial charge in [0.1, 0.15) is 27.1 Å². The van der Waals surface area contributed by atoms with Crippen molar-refractivity contribution in [3.8, 4) is 5.88 Å². The van der Waals surface area contributed by atoms with E-state index in [2.05, 4.69) is 19.1 Å². The maximum atomic E-state index is 13.7. The molecule has 0 saturated carbocycles. The van der Waals surface area contributed by atoms with Crippen LogP contribution in [0.3, 0.4) is 0 Å². The molecule has 34 heavy (non-hydrogen) atoms. The van der Waals surface area contributed by atoms with Gasteiger partial charge in [-0.05, 0) is 51.0 Å². The number of hydrogen-bond acceptors (Lipinski definition) is 6. The average Bonchev–Trinajstić information content (AvgIpc) is 2.87. The molecule has 1 aromatic carbocycles. The van der Waals surface area contributed by atoms with E-state index in [4.69, 9.17) is 19.2 Å². The first kappa shape index (κ1) is 24.8. The van der Waals surface area contributed by atoms with Crippen LogP contribution in [0.15, 0.2) is 41.3 Å². The third kappa shape index (κ3) is 6.03. The molecule has 1 saturated heterocycles. The molecule has 1 aromatic heterocycles. The molecule has 0 aliphatic carbocycles. The molecule has 0 radical (unpaired) electrons. The summed E-state index contributed by atoms with van der Waals surface area (Å²) >= 11 is 0. The molecule has 3 heterocycles. The van der Waals surface area contributed by atoms with E-state index in [9.17, 15) is 9.00 Å². The Bertz CT molecular complexity index is 1060. The van der Waals surface area contributed by atoms with E-state index in [1.54, 1.807) is 0 Å². The van der Waals surface area contributed by atoms with Crippen LogP contribution in [0.1, 0.15) is 56.9 Å². The first-order valence-electron chi connectivity index (χ1n) is 11.8. The minimum Gasteiger partial charge on any atom is -0.469 e. The summed E-state index contributed by atoms with van der Waals surface area (Å²) < 4.78 is 33.3. The Morgan fingerprint density at radius 1 is 1.18 bits per heavy atom. The molecule has 184 valence electrons. The van der Waals surface area contributed by atoms with Crippen molar-refractivity contribution in [3.63, 3.8) is 0 Å². The normalized spacial score (nSPS) is 20.3. The van der Waals surface area contributed by atoms with Crippen LogP contribution in [-0.4, -0.2) is 50.4 Å². The van der Waals surface area contributed by atoms with Gasteiger partial charge in [-0.15, -0.1) is 0 Å². The monoisotopic (exact) mass is 486 g/mol. The zero-order valence-electron chi connectivity index (χ0n) is 20.5. The van der Waals surface area contributed by atoms with E-state index in [0.717, 1.165) is 11.3 Å². The number of aromatic nitrogens is 1. The third-order valence-electron chi connectivity index (χ3n) is 6.10. The van der Waals surface area contributed by atoms with Crippen LogP contribution in [0.25, 0.3) is 0 Å². The van der Waals surface area contributed by atoms with Crippen LogP contribution in [-0.2, 0) is 38.2 Å². The Hall–Kier alpha value is -2.29. The van der Waals surface area contributed by atoms with Gasteiger partial charge in [-0.2, -0.15) is 0 Å². The zero-order chi connectivity index (χ0) is 24.3. The van der Waals surface area contributed by atoms with E-state index < -0.39 is 22.2 Å². The molecule has 1 atom stereocenters. The molecular weight excluding hydrogens is 452 g/mol. The van der Waals surface area contributed by atoms with Gasteiger partial charge in [0.25, 0.3) is 0 Å². The largest absolute Gasteiger partial charge is 0.469 e. The van der Waals surface area contributed by atoms with Crippen molar-refractivity contribution < 1.29 is 23.2 Å². The molecule has 1 unspecified atom stereocenters. The first-order valence-corrected chi connectivity index (χ1v) is 12.9. The third-order valence-corrected chi connectivity index (χ3v) is 7.51. The fourth-order valence-corrected chi connectivity index (χ4v) is 5.59. The van der Waals surface area contributed by atoms with Gasteiger partial charge in [-0.3, -0.25) is 4.79 Å². The summed E-state index contributed by atoms with van der Waals surface area (Å²) in [7, 11) is -1.43. The van der Waals surface area contributed by atoms with Crippen LogP contribution in [0, 0.1) is 6.92 Å². The molecule has 1 fully saturated rings. The minimum atomic E-state index is -1.43. The molecule has 1 spiro atoms. The van der Waals surface area contributed by atoms with Crippen LogP contribution in [0.5, 0.6) is 5.88 Å². The molecule has 2 aromatic rings. The second-order valence-corrected chi connectivity index (χ2v) is 11.5. The molecule has 2 aliphatic heterocycles. The van der Waals surface area contributed by atoms with E-state index in [1.165, 1.54) is 5.56 Å². The highest BCUT2D eigenvalue weighted by Gasteiger charge is 2.42. The lowest BCUT2D eigenvalue weighted by atomic mass is 9.93. The number of benzene rings is 1. The second kappa shape index (κ2) is 10.1. The minimum absolute atomic E-state index is 0.227. The molecule has 0 bridgehead atoms. The van der Waals surface area contributed by atoms with Gasteiger partial charge in [0.2, 0.25) is 5.88 Å². The van der Waals surface area contributed by atoms with Gasteiger partial charge >= 0.3 is 5.97 Å². The molecule has 2 aliphatic rings. The van der Waals surface area contributed by atoms with Crippen LogP contribution < -0.4 is 4.74 Å². The lowest BCUT2D eigenvalue weighted by molar-refractivity contribution is -0.154. The number of rotatable bonds is 5. The Labute approximate surface area is 204 Å². The van der Waals surface area contributed by atoms with E-state index in [0.29, 0.717) is 56.3 Å². The summed E-state index contributed by atoms with van der Waals surface area (Å²) in [4.78, 5) is 17.4. The number of carbonyl (C=O) groups is 1. The molecule has 0 N–H and O–H groups in total. The predicted octanol–water partition coefficient (Wildman–Crippen LogP) is 4.13. The Morgan fingerprint density at radius 2 is 1.91 bits per heavy atom. The number of hydrogen-bond donors (Lipinski definition) is 0. The van der Waals surface area contributed by atoms with Crippen molar-refractivity contribution in [2.24, 2.45) is 0 Å². The average molecular weight is 487 g/mol. The summed E-state index contributed by atoms with van der Waals surface area (Å²) in [6.45, 7) is 9.91. The standard InChI is InChI=1S/C26H34N2O5S/c1-19-7-5-6-8-20(19)17-28-18-26(13-15-31-16-14-26)33-24-22(34(28)30)11-9-21(27-24)10-12-23(29)32-25(2,3)4/h5-9,11H,10,12-18H2,1-4H3. The van der Waals surface area contributed by atoms with Crippen molar-refractivity contribution >= 4 is 17.0 Å². The van der Waals surface area contributed by atoms with Crippen molar-refractivity contribution in [2.75, 3.05) is 19.8 Å². The smallest absolute Gasteiger partial charge is 0.306 e. The Morgan fingerprint density at radius 3 is 2.62 bits per heavy atom. The summed E-state index contributed by atoms with van der Waals surface area (Å²) in [5.41, 5.74) is 1.99.